The number of piperidine rings is 1. The van der Waals surface area contributed by atoms with Gasteiger partial charge in [0.15, 0.2) is 6.10 Å². The van der Waals surface area contributed by atoms with Gasteiger partial charge in [-0.15, -0.1) is 12.4 Å². The average molecular weight is 355 g/mol. The summed E-state index contributed by atoms with van der Waals surface area (Å²) in [6.45, 7) is 3.48. The molecule has 1 aromatic carbocycles. The summed E-state index contributed by atoms with van der Waals surface area (Å²) >= 11 is 0. The van der Waals surface area contributed by atoms with Gasteiger partial charge in [0, 0.05) is 19.7 Å². The number of hydrogen-bond donors (Lipinski definition) is 1. The van der Waals surface area contributed by atoms with Crippen molar-refractivity contribution in [1.82, 2.24) is 4.90 Å². The molecule has 2 aliphatic rings. The van der Waals surface area contributed by atoms with Crippen LogP contribution in [0.4, 0.5) is 0 Å². The Morgan fingerprint density at radius 2 is 2.04 bits per heavy atom. The number of rotatable bonds is 5. The molecule has 1 atom stereocenters. The highest BCUT2D eigenvalue weighted by Gasteiger charge is 2.32. The summed E-state index contributed by atoms with van der Waals surface area (Å²) in [5, 5.41) is 0. The van der Waals surface area contributed by atoms with E-state index in [1.807, 2.05) is 23.1 Å². The highest BCUT2D eigenvalue weighted by molar-refractivity contribution is 5.85. The standard InChI is InChI=1S/C18H26N2O3.ClH/c19-9-3-12-22-15-6-10-20(11-7-15)18(21)17-16-5-2-1-4-14(16)8-13-23-17;/h1-2,4-5,15,17H,3,6-13,19H2;1H. The van der Waals surface area contributed by atoms with E-state index in [1.54, 1.807) is 0 Å². The van der Waals surface area contributed by atoms with Gasteiger partial charge in [0.25, 0.3) is 5.91 Å². The van der Waals surface area contributed by atoms with Crippen molar-refractivity contribution in [3.63, 3.8) is 0 Å². The lowest BCUT2D eigenvalue weighted by molar-refractivity contribution is -0.147. The van der Waals surface area contributed by atoms with Gasteiger partial charge in [-0.1, -0.05) is 24.3 Å². The number of hydrogen-bond acceptors (Lipinski definition) is 4. The number of carbonyl (C=O) groups is 1. The van der Waals surface area contributed by atoms with Crippen LogP contribution in [0, 0.1) is 0 Å². The van der Waals surface area contributed by atoms with Gasteiger partial charge in [0.05, 0.1) is 12.7 Å². The number of nitrogens with zero attached hydrogens (tertiary/aromatic N) is 1. The van der Waals surface area contributed by atoms with Crippen molar-refractivity contribution >= 4 is 18.3 Å². The first-order valence-electron chi connectivity index (χ1n) is 8.59. The van der Waals surface area contributed by atoms with Crippen LogP contribution in [0.1, 0.15) is 36.5 Å². The first-order valence-corrected chi connectivity index (χ1v) is 8.59. The maximum atomic E-state index is 12.8. The molecule has 1 unspecified atom stereocenters. The summed E-state index contributed by atoms with van der Waals surface area (Å²) in [7, 11) is 0. The molecule has 2 N–H and O–H groups in total. The number of halogens is 1. The van der Waals surface area contributed by atoms with Crippen molar-refractivity contribution in [2.45, 2.75) is 37.9 Å². The molecule has 6 heteroatoms. The molecule has 0 saturated carbocycles. The van der Waals surface area contributed by atoms with E-state index in [-0.39, 0.29) is 24.4 Å². The van der Waals surface area contributed by atoms with Crippen molar-refractivity contribution in [2.75, 3.05) is 32.8 Å². The summed E-state index contributed by atoms with van der Waals surface area (Å²) in [6.07, 6.45) is 3.39. The Balaban J connectivity index is 0.00000208. The second-order valence-corrected chi connectivity index (χ2v) is 6.24. The minimum atomic E-state index is -0.436. The van der Waals surface area contributed by atoms with Gasteiger partial charge < -0.3 is 20.1 Å². The van der Waals surface area contributed by atoms with Gasteiger partial charge in [-0.3, -0.25) is 4.79 Å². The maximum Gasteiger partial charge on any atom is 0.256 e. The van der Waals surface area contributed by atoms with Gasteiger partial charge in [0.2, 0.25) is 0 Å². The van der Waals surface area contributed by atoms with E-state index in [2.05, 4.69) is 6.07 Å². The molecule has 0 bridgehead atoms. The van der Waals surface area contributed by atoms with Crippen LogP contribution in [0.15, 0.2) is 24.3 Å². The number of carbonyl (C=O) groups excluding carboxylic acids is 1. The highest BCUT2D eigenvalue weighted by atomic mass is 35.5. The van der Waals surface area contributed by atoms with Crippen LogP contribution in [0.3, 0.4) is 0 Å². The molecular weight excluding hydrogens is 328 g/mol. The lowest BCUT2D eigenvalue weighted by atomic mass is 9.96. The van der Waals surface area contributed by atoms with Gasteiger partial charge >= 0.3 is 0 Å². The molecular formula is C18H27ClN2O3. The number of nitrogens with two attached hydrogens (primary N) is 1. The molecule has 2 aliphatic heterocycles. The monoisotopic (exact) mass is 354 g/mol. The molecule has 3 rings (SSSR count). The summed E-state index contributed by atoms with van der Waals surface area (Å²) in [5.41, 5.74) is 7.75. The Labute approximate surface area is 149 Å². The largest absolute Gasteiger partial charge is 0.378 e. The van der Waals surface area contributed by atoms with Crippen LogP contribution in [0.2, 0.25) is 0 Å². The van der Waals surface area contributed by atoms with Crippen molar-refractivity contribution < 1.29 is 14.3 Å². The zero-order valence-electron chi connectivity index (χ0n) is 14.0. The summed E-state index contributed by atoms with van der Waals surface area (Å²) in [4.78, 5) is 14.8. The summed E-state index contributed by atoms with van der Waals surface area (Å²) in [5.74, 6) is 0.0950. The number of ether oxygens (including phenoxy) is 2. The molecule has 1 aromatic rings. The van der Waals surface area contributed by atoms with Crippen molar-refractivity contribution in [3.05, 3.63) is 35.4 Å². The Hall–Kier alpha value is -1.14. The Morgan fingerprint density at radius 3 is 2.79 bits per heavy atom. The van der Waals surface area contributed by atoms with Gasteiger partial charge in [0.1, 0.15) is 0 Å². The lowest BCUT2D eigenvalue weighted by Gasteiger charge is -2.35. The van der Waals surface area contributed by atoms with E-state index < -0.39 is 6.10 Å². The fraction of sp³-hybridized carbons (Fsp3) is 0.611. The van der Waals surface area contributed by atoms with Crippen LogP contribution in [-0.2, 0) is 20.7 Å². The molecule has 134 valence electrons. The molecule has 0 aromatic heterocycles. The predicted octanol–water partition coefficient (Wildman–Crippen LogP) is 2.08. The lowest BCUT2D eigenvalue weighted by Crippen LogP contribution is -2.44. The van der Waals surface area contributed by atoms with Gasteiger partial charge in [-0.05, 0) is 43.4 Å². The van der Waals surface area contributed by atoms with Gasteiger partial charge in [-0.2, -0.15) is 0 Å². The van der Waals surface area contributed by atoms with Gasteiger partial charge in [-0.25, -0.2) is 0 Å². The van der Waals surface area contributed by atoms with Crippen molar-refractivity contribution in [1.29, 1.82) is 0 Å². The smallest absolute Gasteiger partial charge is 0.256 e. The number of likely N-dealkylation sites (tertiary alicyclic amines) is 1. The highest BCUT2D eigenvalue weighted by Crippen LogP contribution is 2.29. The second-order valence-electron chi connectivity index (χ2n) is 6.24. The van der Waals surface area contributed by atoms with E-state index in [4.69, 9.17) is 15.2 Å². The van der Waals surface area contributed by atoms with Crippen LogP contribution in [0.5, 0.6) is 0 Å². The SMILES string of the molecule is Cl.NCCCOC1CCN(C(=O)C2OCCc3ccccc32)CC1. The quantitative estimate of drug-likeness (QED) is 0.822. The van der Waals surface area contributed by atoms with Crippen LogP contribution in [-0.4, -0.2) is 49.8 Å². The van der Waals surface area contributed by atoms with Crippen LogP contribution in [0.25, 0.3) is 0 Å². The third kappa shape index (κ3) is 4.48. The zero-order valence-corrected chi connectivity index (χ0v) is 14.8. The fourth-order valence-corrected chi connectivity index (χ4v) is 3.34. The Kier molecular flexibility index (Phi) is 7.49. The first-order chi connectivity index (χ1) is 11.3. The van der Waals surface area contributed by atoms with E-state index >= 15 is 0 Å². The van der Waals surface area contributed by atoms with Crippen molar-refractivity contribution in [2.24, 2.45) is 5.73 Å². The first kappa shape index (κ1) is 19.2. The fourth-order valence-electron chi connectivity index (χ4n) is 3.34. The molecule has 24 heavy (non-hydrogen) atoms. The second kappa shape index (κ2) is 9.37. The normalized spacial score (nSPS) is 21.0. The number of amides is 1. The van der Waals surface area contributed by atoms with E-state index in [1.165, 1.54) is 5.56 Å². The predicted molar refractivity (Wildman–Crippen MR) is 95.3 cm³/mol. The molecule has 0 radical (unpaired) electrons. The number of benzene rings is 1. The minimum absolute atomic E-state index is 0. The average Bonchev–Trinajstić information content (AvgIpc) is 2.61. The third-order valence-electron chi connectivity index (χ3n) is 4.67. The molecule has 0 aliphatic carbocycles. The molecule has 5 nitrogen and oxygen atoms in total. The molecule has 2 heterocycles. The number of fused-ring (bicyclic) bond motifs is 1. The molecule has 1 saturated heterocycles. The zero-order chi connectivity index (χ0) is 16.1. The molecule has 1 amide bonds. The summed E-state index contributed by atoms with van der Waals surface area (Å²) < 4.78 is 11.6. The summed E-state index contributed by atoms with van der Waals surface area (Å²) in [6, 6.07) is 8.11. The Bertz CT molecular complexity index is 533. The van der Waals surface area contributed by atoms with E-state index in [9.17, 15) is 4.79 Å². The minimum Gasteiger partial charge on any atom is -0.378 e. The molecule has 0 spiro atoms. The topological polar surface area (TPSA) is 64.8 Å². The maximum absolute atomic E-state index is 12.8. The van der Waals surface area contributed by atoms with Crippen LogP contribution >= 0.6 is 12.4 Å². The molecule has 1 fully saturated rings. The van der Waals surface area contributed by atoms with E-state index in [0.717, 1.165) is 44.3 Å². The van der Waals surface area contributed by atoms with Crippen LogP contribution < -0.4 is 5.73 Å². The Morgan fingerprint density at radius 1 is 1.29 bits per heavy atom. The van der Waals surface area contributed by atoms with E-state index in [0.29, 0.717) is 19.8 Å². The third-order valence-corrected chi connectivity index (χ3v) is 4.67. The van der Waals surface area contributed by atoms with Crippen molar-refractivity contribution in [3.8, 4) is 0 Å².